The van der Waals surface area contributed by atoms with Gasteiger partial charge in [-0.1, -0.05) is 6.07 Å². The number of rotatable bonds is 4. The SMILES string of the molecule is N#Cc1ccc(CC(=O)C2(c3ccc4c(c3)OCO4)CC2)nc1. The molecule has 0 radical (unpaired) electrons. The topological polar surface area (TPSA) is 72.2 Å². The fourth-order valence-electron chi connectivity index (χ4n) is 2.98. The molecule has 1 aromatic carbocycles. The maximum Gasteiger partial charge on any atom is 0.231 e. The van der Waals surface area contributed by atoms with Crippen LogP contribution in [0.2, 0.25) is 0 Å². The average Bonchev–Trinajstić information content (AvgIpc) is 3.27. The number of nitrogens with zero attached hydrogens (tertiary/aromatic N) is 2. The van der Waals surface area contributed by atoms with Gasteiger partial charge in [-0.3, -0.25) is 9.78 Å². The molecule has 0 saturated heterocycles. The van der Waals surface area contributed by atoms with E-state index in [9.17, 15) is 4.79 Å². The lowest BCUT2D eigenvalue weighted by atomic mass is 9.88. The number of aromatic nitrogens is 1. The van der Waals surface area contributed by atoms with Gasteiger partial charge in [-0.05, 0) is 42.7 Å². The molecule has 0 atom stereocenters. The Labute approximate surface area is 133 Å². The molecule has 2 aromatic rings. The minimum absolute atomic E-state index is 0.161. The van der Waals surface area contributed by atoms with Gasteiger partial charge in [0, 0.05) is 18.3 Å². The average molecular weight is 306 g/mol. The van der Waals surface area contributed by atoms with Gasteiger partial charge in [0.1, 0.15) is 11.9 Å². The molecule has 0 spiro atoms. The third-order valence-corrected chi connectivity index (χ3v) is 4.50. The van der Waals surface area contributed by atoms with Crippen LogP contribution in [0.1, 0.15) is 29.7 Å². The molecular formula is C18H14N2O3. The predicted octanol–water partition coefficient (Wildman–Crippen LogP) is 2.53. The largest absolute Gasteiger partial charge is 0.454 e. The first-order valence-electron chi connectivity index (χ1n) is 7.50. The summed E-state index contributed by atoms with van der Waals surface area (Å²) in [6, 6.07) is 11.2. The molecule has 1 aromatic heterocycles. The molecule has 0 bridgehead atoms. The summed E-state index contributed by atoms with van der Waals surface area (Å²) in [4.78, 5) is 17.0. The number of carbonyl (C=O) groups is 1. The van der Waals surface area contributed by atoms with Crippen LogP contribution in [0.15, 0.2) is 36.5 Å². The van der Waals surface area contributed by atoms with Gasteiger partial charge in [0.2, 0.25) is 6.79 Å². The summed E-state index contributed by atoms with van der Waals surface area (Å²) in [6.07, 6.45) is 3.48. The summed E-state index contributed by atoms with van der Waals surface area (Å²) in [7, 11) is 0. The Hall–Kier alpha value is -2.87. The number of benzene rings is 1. The monoisotopic (exact) mass is 306 g/mol. The van der Waals surface area contributed by atoms with Gasteiger partial charge in [-0.25, -0.2) is 0 Å². The Kier molecular flexibility index (Phi) is 3.05. The smallest absolute Gasteiger partial charge is 0.231 e. The van der Waals surface area contributed by atoms with Gasteiger partial charge >= 0.3 is 0 Å². The van der Waals surface area contributed by atoms with Crippen LogP contribution in [0.4, 0.5) is 0 Å². The van der Waals surface area contributed by atoms with E-state index in [0.717, 1.165) is 24.2 Å². The van der Waals surface area contributed by atoms with Gasteiger partial charge in [0.05, 0.1) is 11.0 Å². The first-order chi connectivity index (χ1) is 11.2. The number of pyridine rings is 1. The maximum absolute atomic E-state index is 12.8. The minimum atomic E-state index is -0.420. The molecule has 1 saturated carbocycles. The highest BCUT2D eigenvalue weighted by molar-refractivity contribution is 5.94. The molecule has 0 N–H and O–H groups in total. The zero-order chi connectivity index (χ0) is 15.9. The van der Waals surface area contributed by atoms with E-state index in [1.54, 1.807) is 12.1 Å². The Morgan fingerprint density at radius 1 is 1.22 bits per heavy atom. The van der Waals surface area contributed by atoms with Crippen molar-refractivity contribution < 1.29 is 14.3 Å². The minimum Gasteiger partial charge on any atom is -0.454 e. The van der Waals surface area contributed by atoms with Crippen molar-refractivity contribution in [1.29, 1.82) is 5.26 Å². The molecule has 1 aliphatic carbocycles. The second-order valence-electron chi connectivity index (χ2n) is 5.90. The fourth-order valence-corrected chi connectivity index (χ4v) is 2.98. The van der Waals surface area contributed by atoms with Crippen molar-refractivity contribution in [2.45, 2.75) is 24.7 Å². The summed E-state index contributed by atoms with van der Waals surface area (Å²) >= 11 is 0. The Morgan fingerprint density at radius 2 is 2.04 bits per heavy atom. The number of nitriles is 1. The molecule has 2 aliphatic rings. The third-order valence-electron chi connectivity index (χ3n) is 4.50. The Morgan fingerprint density at radius 3 is 2.74 bits per heavy atom. The van der Waals surface area contributed by atoms with E-state index in [1.165, 1.54) is 6.20 Å². The lowest BCUT2D eigenvalue weighted by molar-refractivity contribution is -0.120. The Bertz CT molecular complexity index is 817. The molecule has 1 fully saturated rings. The predicted molar refractivity (Wildman–Crippen MR) is 81.1 cm³/mol. The van der Waals surface area contributed by atoms with Crippen molar-refractivity contribution in [1.82, 2.24) is 4.98 Å². The molecule has 2 heterocycles. The summed E-state index contributed by atoms with van der Waals surface area (Å²) in [6.45, 7) is 0.231. The molecular weight excluding hydrogens is 292 g/mol. The number of hydrogen-bond donors (Lipinski definition) is 0. The van der Waals surface area contributed by atoms with Crippen LogP contribution in [-0.4, -0.2) is 17.6 Å². The van der Waals surface area contributed by atoms with E-state index < -0.39 is 5.41 Å². The second kappa shape index (κ2) is 5.10. The fraction of sp³-hybridized carbons (Fsp3) is 0.278. The number of hydrogen-bond acceptors (Lipinski definition) is 5. The molecule has 0 amide bonds. The van der Waals surface area contributed by atoms with Crippen LogP contribution < -0.4 is 9.47 Å². The number of fused-ring (bicyclic) bond motifs is 1. The van der Waals surface area contributed by atoms with Crippen LogP contribution in [0.3, 0.4) is 0 Å². The lowest BCUT2D eigenvalue weighted by Gasteiger charge is -2.15. The molecule has 23 heavy (non-hydrogen) atoms. The van der Waals surface area contributed by atoms with E-state index in [2.05, 4.69) is 4.98 Å². The quantitative estimate of drug-likeness (QED) is 0.868. The molecule has 5 nitrogen and oxygen atoms in total. The highest BCUT2D eigenvalue weighted by Crippen LogP contribution is 2.51. The van der Waals surface area contributed by atoms with E-state index in [-0.39, 0.29) is 19.0 Å². The molecule has 5 heteroatoms. The van der Waals surface area contributed by atoms with Crippen molar-refractivity contribution in [3.05, 3.63) is 53.3 Å². The first-order valence-corrected chi connectivity index (χ1v) is 7.50. The standard InChI is InChI=1S/C18H14N2O3/c19-9-12-1-3-14(20-10-12)8-17(21)18(5-6-18)13-2-4-15-16(7-13)23-11-22-15/h1-4,7,10H,5-6,8,11H2. The lowest BCUT2D eigenvalue weighted by Crippen LogP contribution is -2.22. The molecule has 1 aliphatic heterocycles. The molecule has 0 unspecified atom stereocenters. The normalized spacial score (nSPS) is 16.7. The van der Waals surface area contributed by atoms with Crippen molar-refractivity contribution in [2.75, 3.05) is 6.79 Å². The highest BCUT2D eigenvalue weighted by atomic mass is 16.7. The third kappa shape index (κ3) is 2.33. The first kappa shape index (κ1) is 13.8. The molecule has 114 valence electrons. The number of carbonyl (C=O) groups excluding carboxylic acids is 1. The zero-order valence-corrected chi connectivity index (χ0v) is 12.4. The van der Waals surface area contributed by atoms with Gasteiger partial charge in [0.15, 0.2) is 11.5 Å². The highest BCUT2D eigenvalue weighted by Gasteiger charge is 2.50. The van der Waals surface area contributed by atoms with Gasteiger partial charge in [0.25, 0.3) is 0 Å². The van der Waals surface area contributed by atoms with E-state index in [4.69, 9.17) is 14.7 Å². The van der Waals surface area contributed by atoms with Crippen LogP contribution in [0.5, 0.6) is 11.5 Å². The van der Waals surface area contributed by atoms with E-state index >= 15 is 0 Å². The van der Waals surface area contributed by atoms with Gasteiger partial charge in [-0.2, -0.15) is 5.26 Å². The maximum atomic E-state index is 12.8. The van der Waals surface area contributed by atoms with Crippen molar-refractivity contribution in [2.24, 2.45) is 0 Å². The summed E-state index contributed by atoms with van der Waals surface area (Å²) in [5.41, 5.74) is 1.76. The number of ether oxygens (including phenoxy) is 2. The van der Waals surface area contributed by atoms with E-state index in [0.29, 0.717) is 17.0 Å². The van der Waals surface area contributed by atoms with Crippen LogP contribution in [0.25, 0.3) is 0 Å². The van der Waals surface area contributed by atoms with Crippen LogP contribution >= 0.6 is 0 Å². The number of Topliss-reactive ketones (excluding diaryl/α,β-unsaturated/α-hetero) is 1. The van der Waals surface area contributed by atoms with E-state index in [1.807, 2.05) is 24.3 Å². The molecule has 4 rings (SSSR count). The van der Waals surface area contributed by atoms with Gasteiger partial charge < -0.3 is 9.47 Å². The second-order valence-corrected chi connectivity index (χ2v) is 5.90. The van der Waals surface area contributed by atoms with Crippen LogP contribution in [-0.2, 0) is 16.6 Å². The zero-order valence-electron chi connectivity index (χ0n) is 12.4. The number of ketones is 1. The van der Waals surface area contributed by atoms with Crippen LogP contribution in [0, 0.1) is 11.3 Å². The van der Waals surface area contributed by atoms with Gasteiger partial charge in [-0.15, -0.1) is 0 Å². The van der Waals surface area contributed by atoms with Crippen molar-refractivity contribution in [3.63, 3.8) is 0 Å². The summed E-state index contributed by atoms with van der Waals surface area (Å²) < 4.78 is 10.7. The summed E-state index contributed by atoms with van der Waals surface area (Å²) in [5, 5.41) is 8.80. The summed E-state index contributed by atoms with van der Waals surface area (Å²) in [5.74, 6) is 1.59. The van der Waals surface area contributed by atoms with Crippen molar-refractivity contribution >= 4 is 5.78 Å². The Balaban J connectivity index is 1.56. The van der Waals surface area contributed by atoms with Crippen molar-refractivity contribution in [3.8, 4) is 17.6 Å².